The molecule has 0 aliphatic heterocycles. The number of ether oxygens (including phenoxy) is 2. The van der Waals surface area contributed by atoms with Crippen LogP contribution >= 0.6 is 27.5 Å². The number of methoxy groups -OCH3 is 1. The second kappa shape index (κ2) is 9.16. The second-order valence-electron chi connectivity index (χ2n) is 5.19. The SMILES string of the molecule is CCCNCc1cc(OC)c(OCc2cccc(Cl)c2)cc1Br. The van der Waals surface area contributed by atoms with Gasteiger partial charge in [-0.2, -0.15) is 0 Å². The Kier molecular flexibility index (Phi) is 7.21. The van der Waals surface area contributed by atoms with Crippen molar-refractivity contribution in [2.75, 3.05) is 13.7 Å². The van der Waals surface area contributed by atoms with E-state index in [9.17, 15) is 0 Å². The van der Waals surface area contributed by atoms with Crippen molar-refractivity contribution in [2.45, 2.75) is 26.5 Å². The van der Waals surface area contributed by atoms with Gasteiger partial charge < -0.3 is 14.8 Å². The second-order valence-corrected chi connectivity index (χ2v) is 6.48. The van der Waals surface area contributed by atoms with Crippen molar-refractivity contribution in [1.29, 1.82) is 0 Å². The van der Waals surface area contributed by atoms with Crippen LogP contribution in [0.2, 0.25) is 5.02 Å². The maximum atomic E-state index is 6.00. The maximum Gasteiger partial charge on any atom is 0.162 e. The Morgan fingerprint density at radius 3 is 2.70 bits per heavy atom. The molecule has 23 heavy (non-hydrogen) atoms. The fraction of sp³-hybridized carbons (Fsp3) is 0.333. The number of benzene rings is 2. The molecular weight excluding hydrogens is 378 g/mol. The van der Waals surface area contributed by atoms with Gasteiger partial charge >= 0.3 is 0 Å². The van der Waals surface area contributed by atoms with Gasteiger partial charge in [-0.05, 0) is 48.4 Å². The predicted octanol–water partition coefficient (Wildman–Crippen LogP) is 5.19. The van der Waals surface area contributed by atoms with Crippen LogP contribution in [0.25, 0.3) is 0 Å². The van der Waals surface area contributed by atoms with E-state index >= 15 is 0 Å². The Balaban J connectivity index is 2.10. The van der Waals surface area contributed by atoms with Crippen molar-refractivity contribution in [1.82, 2.24) is 5.32 Å². The lowest BCUT2D eigenvalue weighted by molar-refractivity contribution is 0.284. The van der Waals surface area contributed by atoms with E-state index in [0.717, 1.165) is 40.9 Å². The van der Waals surface area contributed by atoms with E-state index in [1.807, 2.05) is 36.4 Å². The van der Waals surface area contributed by atoms with Gasteiger partial charge in [0, 0.05) is 16.0 Å². The van der Waals surface area contributed by atoms with E-state index in [4.69, 9.17) is 21.1 Å². The highest BCUT2D eigenvalue weighted by Gasteiger charge is 2.10. The van der Waals surface area contributed by atoms with Gasteiger partial charge in [0.05, 0.1) is 7.11 Å². The lowest BCUT2D eigenvalue weighted by Gasteiger charge is -2.14. The minimum absolute atomic E-state index is 0.441. The number of nitrogens with one attached hydrogen (secondary N) is 1. The molecule has 124 valence electrons. The first-order chi connectivity index (χ1) is 11.1. The van der Waals surface area contributed by atoms with Gasteiger partial charge in [0.1, 0.15) is 6.61 Å². The Hall–Kier alpha value is -1.23. The summed E-state index contributed by atoms with van der Waals surface area (Å²) in [5.41, 5.74) is 2.16. The molecule has 0 aliphatic carbocycles. The van der Waals surface area contributed by atoms with E-state index in [0.29, 0.717) is 17.4 Å². The third kappa shape index (κ3) is 5.41. The molecular formula is C18H21BrClNO2. The highest BCUT2D eigenvalue weighted by Crippen LogP contribution is 2.34. The highest BCUT2D eigenvalue weighted by molar-refractivity contribution is 9.10. The summed E-state index contributed by atoms with van der Waals surface area (Å²) < 4.78 is 12.4. The topological polar surface area (TPSA) is 30.5 Å². The normalized spacial score (nSPS) is 10.6. The van der Waals surface area contributed by atoms with E-state index in [2.05, 4.69) is 28.2 Å². The molecule has 0 amide bonds. The van der Waals surface area contributed by atoms with Crippen LogP contribution < -0.4 is 14.8 Å². The molecule has 0 saturated carbocycles. The zero-order valence-corrected chi connectivity index (χ0v) is 15.7. The lowest BCUT2D eigenvalue weighted by atomic mass is 10.2. The molecule has 0 aliphatic rings. The molecule has 2 aromatic carbocycles. The fourth-order valence-corrected chi connectivity index (χ4v) is 2.85. The minimum atomic E-state index is 0.441. The smallest absolute Gasteiger partial charge is 0.162 e. The summed E-state index contributed by atoms with van der Waals surface area (Å²) >= 11 is 9.60. The Bertz CT molecular complexity index is 649. The summed E-state index contributed by atoms with van der Waals surface area (Å²) in [5, 5.41) is 4.09. The molecule has 2 aromatic rings. The van der Waals surface area contributed by atoms with Crippen LogP contribution in [0, 0.1) is 0 Å². The summed E-state index contributed by atoms with van der Waals surface area (Å²) in [4.78, 5) is 0. The fourth-order valence-electron chi connectivity index (χ4n) is 2.17. The molecule has 0 radical (unpaired) electrons. The molecule has 3 nitrogen and oxygen atoms in total. The van der Waals surface area contributed by atoms with Gasteiger partial charge in [0.25, 0.3) is 0 Å². The molecule has 0 saturated heterocycles. The van der Waals surface area contributed by atoms with Crippen molar-refractivity contribution in [3.8, 4) is 11.5 Å². The maximum absolute atomic E-state index is 6.00. The average Bonchev–Trinajstić information content (AvgIpc) is 2.54. The van der Waals surface area contributed by atoms with Crippen LogP contribution in [0.5, 0.6) is 11.5 Å². The van der Waals surface area contributed by atoms with Crippen molar-refractivity contribution in [3.05, 3.63) is 57.0 Å². The highest BCUT2D eigenvalue weighted by atomic mass is 79.9. The van der Waals surface area contributed by atoms with Crippen molar-refractivity contribution in [2.24, 2.45) is 0 Å². The van der Waals surface area contributed by atoms with Crippen molar-refractivity contribution >= 4 is 27.5 Å². The summed E-state index contributed by atoms with van der Waals surface area (Å²) in [6.45, 7) is 4.37. The molecule has 1 N–H and O–H groups in total. The summed E-state index contributed by atoms with van der Waals surface area (Å²) in [6, 6.07) is 11.6. The summed E-state index contributed by atoms with van der Waals surface area (Å²) in [7, 11) is 1.65. The van der Waals surface area contributed by atoms with Crippen LogP contribution in [0.15, 0.2) is 40.9 Å². The zero-order chi connectivity index (χ0) is 16.7. The Morgan fingerprint density at radius 1 is 1.17 bits per heavy atom. The molecule has 0 fully saturated rings. The van der Waals surface area contributed by atoms with E-state index in [1.54, 1.807) is 7.11 Å². The molecule has 5 heteroatoms. The number of hydrogen-bond donors (Lipinski definition) is 1. The first kappa shape index (κ1) is 18.1. The summed E-state index contributed by atoms with van der Waals surface area (Å²) in [5.74, 6) is 1.43. The monoisotopic (exact) mass is 397 g/mol. The molecule has 0 unspecified atom stereocenters. The van der Waals surface area contributed by atoms with Crippen LogP contribution in [0.1, 0.15) is 24.5 Å². The van der Waals surface area contributed by atoms with Crippen LogP contribution in [-0.2, 0) is 13.2 Å². The molecule has 0 atom stereocenters. The van der Waals surface area contributed by atoms with Gasteiger partial charge in [0.2, 0.25) is 0 Å². The average molecular weight is 399 g/mol. The van der Waals surface area contributed by atoms with Crippen LogP contribution in [0.4, 0.5) is 0 Å². The van der Waals surface area contributed by atoms with Gasteiger partial charge in [0.15, 0.2) is 11.5 Å². The minimum Gasteiger partial charge on any atom is -0.493 e. The summed E-state index contributed by atoms with van der Waals surface area (Å²) in [6.07, 6.45) is 1.11. The van der Waals surface area contributed by atoms with Crippen molar-refractivity contribution < 1.29 is 9.47 Å². The molecule has 0 aromatic heterocycles. The first-order valence-electron chi connectivity index (χ1n) is 7.58. The van der Waals surface area contributed by atoms with Gasteiger partial charge in [-0.15, -0.1) is 0 Å². The van der Waals surface area contributed by atoms with Crippen LogP contribution in [0.3, 0.4) is 0 Å². The third-order valence-corrected chi connectivity index (χ3v) is 4.33. The number of rotatable bonds is 8. The predicted molar refractivity (Wildman–Crippen MR) is 98.5 cm³/mol. The quantitative estimate of drug-likeness (QED) is 0.621. The third-order valence-electron chi connectivity index (χ3n) is 3.36. The van der Waals surface area contributed by atoms with Crippen molar-refractivity contribution in [3.63, 3.8) is 0 Å². The van der Waals surface area contributed by atoms with Gasteiger partial charge in [-0.3, -0.25) is 0 Å². The first-order valence-corrected chi connectivity index (χ1v) is 8.75. The molecule has 0 heterocycles. The van der Waals surface area contributed by atoms with Crippen LogP contribution in [-0.4, -0.2) is 13.7 Å². The number of halogens is 2. The zero-order valence-electron chi connectivity index (χ0n) is 13.4. The largest absolute Gasteiger partial charge is 0.493 e. The molecule has 2 rings (SSSR count). The van der Waals surface area contributed by atoms with E-state index in [1.165, 1.54) is 0 Å². The van der Waals surface area contributed by atoms with Gasteiger partial charge in [-0.1, -0.05) is 46.6 Å². The molecule has 0 spiro atoms. The Labute approximate surface area is 151 Å². The lowest BCUT2D eigenvalue weighted by Crippen LogP contribution is -2.14. The molecule has 0 bridgehead atoms. The van der Waals surface area contributed by atoms with Gasteiger partial charge in [-0.25, -0.2) is 0 Å². The van der Waals surface area contributed by atoms with E-state index < -0.39 is 0 Å². The Morgan fingerprint density at radius 2 is 2.00 bits per heavy atom. The van der Waals surface area contributed by atoms with E-state index in [-0.39, 0.29) is 0 Å². The number of hydrogen-bond acceptors (Lipinski definition) is 3. The standard InChI is InChI=1S/C18H21BrClNO2/c1-3-7-21-11-14-9-17(22-2)18(10-16(14)19)23-12-13-5-4-6-15(20)8-13/h4-6,8-10,21H,3,7,11-12H2,1-2H3.